The topological polar surface area (TPSA) is 46.5 Å². The first-order chi connectivity index (χ1) is 8.19. The fourth-order valence-electron chi connectivity index (χ4n) is 1.70. The van der Waals surface area contributed by atoms with E-state index in [-0.39, 0.29) is 49.4 Å². The Balaban J connectivity index is 0.00000289. The van der Waals surface area contributed by atoms with E-state index in [1.54, 1.807) is 24.3 Å². The molecule has 1 aromatic rings. The van der Waals surface area contributed by atoms with Gasteiger partial charge in [0, 0.05) is 0 Å². The van der Waals surface area contributed by atoms with Crippen LogP contribution in [0.4, 0.5) is 0 Å². The van der Waals surface area contributed by atoms with E-state index in [1.165, 1.54) is 0 Å². The summed E-state index contributed by atoms with van der Waals surface area (Å²) in [5.74, 6) is -0.464. The molecular formula is C14H22CaO3. The molecule has 0 saturated carbocycles. The van der Waals surface area contributed by atoms with Crippen LogP contribution in [-0.4, -0.2) is 54.9 Å². The van der Waals surface area contributed by atoms with Crippen LogP contribution in [0, 0.1) is 0 Å². The van der Waals surface area contributed by atoms with Crippen molar-refractivity contribution in [2.75, 3.05) is 0 Å². The SMILES string of the molecule is CCCCC(CC)Oc1ccccc1C(=O)O.[CaH2]. The van der Waals surface area contributed by atoms with Gasteiger partial charge in [-0.1, -0.05) is 38.8 Å². The van der Waals surface area contributed by atoms with Gasteiger partial charge in [0.1, 0.15) is 11.3 Å². The maximum atomic E-state index is 11.0. The number of para-hydroxylation sites is 1. The molecule has 3 nitrogen and oxygen atoms in total. The summed E-state index contributed by atoms with van der Waals surface area (Å²) in [4.78, 5) is 11.0. The number of carboxylic acid groups (broad SMARTS) is 1. The van der Waals surface area contributed by atoms with Crippen molar-refractivity contribution in [3.63, 3.8) is 0 Å². The van der Waals surface area contributed by atoms with E-state index in [0.717, 1.165) is 25.7 Å². The third kappa shape index (κ3) is 5.59. The quantitative estimate of drug-likeness (QED) is 0.780. The van der Waals surface area contributed by atoms with Crippen molar-refractivity contribution in [1.29, 1.82) is 0 Å². The van der Waals surface area contributed by atoms with Gasteiger partial charge in [0.05, 0.1) is 6.10 Å². The van der Waals surface area contributed by atoms with Gasteiger partial charge in [-0.15, -0.1) is 0 Å². The molecule has 18 heavy (non-hydrogen) atoms. The molecule has 0 amide bonds. The standard InChI is InChI=1S/C14H20O3.Ca.2H/c1-3-5-8-11(4-2)17-13-10-7-6-9-12(13)14(15)16;;;/h6-7,9-11H,3-5,8H2,1-2H3,(H,15,16);;;. The van der Waals surface area contributed by atoms with Gasteiger partial charge in [0.15, 0.2) is 0 Å². The zero-order valence-corrected chi connectivity index (χ0v) is 10.5. The Bertz CT molecular complexity index is 366. The van der Waals surface area contributed by atoms with Crippen LogP contribution in [0.5, 0.6) is 5.75 Å². The zero-order valence-electron chi connectivity index (χ0n) is 10.5. The van der Waals surface area contributed by atoms with Crippen molar-refractivity contribution in [3.05, 3.63) is 29.8 Å². The van der Waals surface area contributed by atoms with E-state index in [0.29, 0.717) is 5.75 Å². The number of ether oxygens (including phenoxy) is 1. The van der Waals surface area contributed by atoms with Crippen LogP contribution in [-0.2, 0) is 0 Å². The maximum absolute atomic E-state index is 11.0. The molecule has 0 aliphatic heterocycles. The molecular weight excluding hydrogens is 256 g/mol. The third-order valence-corrected chi connectivity index (χ3v) is 2.75. The molecule has 1 unspecified atom stereocenters. The molecule has 1 atom stereocenters. The van der Waals surface area contributed by atoms with Gasteiger partial charge in [-0.05, 0) is 25.0 Å². The molecule has 0 aromatic heterocycles. The second-order valence-corrected chi connectivity index (χ2v) is 4.09. The summed E-state index contributed by atoms with van der Waals surface area (Å²) in [6, 6.07) is 6.81. The normalized spacial score (nSPS) is 11.4. The van der Waals surface area contributed by atoms with Crippen molar-refractivity contribution in [2.24, 2.45) is 0 Å². The second kappa shape index (κ2) is 9.65. The molecule has 0 aliphatic carbocycles. The van der Waals surface area contributed by atoms with Crippen LogP contribution in [0.1, 0.15) is 49.9 Å². The second-order valence-electron chi connectivity index (χ2n) is 4.09. The zero-order chi connectivity index (χ0) is 12.7. The van der Waals surface area contributed by atoms with Crippen LogP contribution >= 0.6 is 0 Å². The molecule has 0 radical (unpaired) electrons. The molecule has 98 valence electrons. The van der Waals surface area contributed by atoms with Gasteiger partial charge in [-0.25, -0.2) is 4.79 Å². The number of hydrogen-bond acceptors (Lipinski definition) is 2. The summed E-state index contributed by atoms with van der Waals surface area (Å²) in [6.07, 6.45) is 4.21. The van der Waals surface area contributed by atoms with Crippen LogP contribution in [0.3, 0.4) is 0 Å². The van der Waals surface area contributed by atoms with Gasteiger partial charge in [-0.2, -0.15) is 0 Å². The fraction of sp³-hybridized carbons (Fsp3) is 0.500. The van der Waals surface area contributed by atoms with Gasteiger partial charge in [0.25, 0.3) is 0 Å². The number of benzene rings is 1. The summed E-state index contributed by atoms with van der Waals surface area (Å²) < 4.78 is 5.78. The predicted octanol–water partition coefficient (Wildman–Crippen LogP) is 2.82. The molecule has 0 saturated heterocycles. The number of hydrogen-bond donors (Lipinski definition) is 1. The van der Waals surface area contributed by atoms with E-state index < -0.39 is 5.97 Å². The molecule has 1 aromatic carbocycles. The third-order valence-electron chi connectivity index (χ3n) is 2.75. The number of aromatic carboxylic acids is 1. The van der Waals surface area contributed by atoms with Gasteiger partial charge < -0.3 is 9.84 Å². The van der Waals surface area contributed by atoms with Crippen molar-refractivity contribution in [3.8, 4) is 5.75 Å². The van der Waals surface area contributed by atoms with E-state index in [4.69, 9.17) is 9.84 Å². The molecule has 0 aliphatic rings. The van der Waals surface area contributed by atoms with Crippen molar-refractivity contribution in [1.82, 2.24) is 0 Å². The van der Waals surface area contributed by atoms with Crippen LogP contribution in [0.15, 0.2) is 24.3 Å². The number of unbranched alkanes of at least 4 members (excludes halogenated alkanes) is 1. The Morgan fingerprint density at radius 3 is 2.56 bits per heavy atom. The summed E-state index contributed by atoms with van der Waals surface area (Å²) in [5, 5.41) is 9.05. The Hall–Kier alpha value is -0.250. The number of carbonyl (C=O) groups is 1. The Kier molecular flexibility index (Phi) is 9.52. The van der Waals surface area contributed by atoms with Crippen molar-refractivity contribution < 1.29 is 14.6 Å². The first kappa shape index (κ1) is 17.7. The van der Waals surface area contributed by atoms with Crippen LogP contribution in [0.2, 0.25) is 0 Å². The first-order valence-corrected chi connectivity index (χ1v) is 6.18. The van der Waals surface area contributed by atoms with E-state index in [1.807, 2.05) is 0 Å². The Morgan fingerprint density at radius 1 is 1.33 bits per heavy atom. The summed E-state index contributed by atoms with van der Waals surface area (Å²) in [5.41, 5.74) is 0.238. The van der Waals surface area contributed by atoms with Gasteiger partial charge >= 0.3 is 43.7 Å². The molecule has 4 heteroatoms. The minimum atomic E-state index is -0.939. The molecule has 0 heterocycles. The fourth-order valence-corrected chi connectivity index (χ4v) is 1.70. The molecule has 0 spiro atoms. The molecule has 0 bridgehead atoms. The van der Waals surface area contributed by atoms with Gasteiger partial charge in [0.2, 0.25) is 0 Å². The average Bonchev–Trinajstić information content (AvgIpc) is 2.34. The summed E-state index contributed by atoms with van der Waals surface area (Å²) in [7, 11) is 0. The number of carboxylic acids is 1. The van der Waals surface area contributed by atoms with E-state index in [2.05, 4.69) is 13.8 Å². The Morgan fingerprint density at radius 2 is 2.00 bits per heavy atom. The molecule has 1 rings (SSSR count). The van der Waals surface area contributed by atoms with Crippen LogP contribution in [0.25, 0.3) is 0 Å². The summed E-state index contributed by atoms with van der Waals surface area (Å²) in [6.45, 7) is 4.20. The monoisotopic (exact) mass is 278 g/mol. The number of rotatable bonds is 7. The molecule has 1 N–H and O–H groups in total. The van der Waals surface area contributed by atoms with Crippen molar-refractivity contribution >= 4 is 43.7 Å². The molecule has 0 fully saturated rings. The van der Waals surface area contributed by atoms with Gasteiger partial charge in [-0.3, -0.25) is 0 Å². The van der Waals surface area contributed by atoms with E-state index in [9.17, 15) is 4.79 Å². The summed E-state index contributed by atoms with van der Waals surface area (Å²) >= 11 is 0. The average molecular weight is 278 g/mol. The Labute approximate surface area is 139 Å². The first-order valence-electron chi connectivity index (χ1n) is 6.18. The van der Waals surface area contributed by atoms with Crippen molar-refractivity contribution in [2.45, 2.75) is 45.6 Å². The predicted molar refractivity (Wildman–Crippen MR) is 76.2 cm³/mol. The van der Waals surface area contributed by atoms with Crippen LogP contribution < -0.4 is 4.74 Å². The minimum absolute atomic E-state index is 0. The van der Waals surface area contributed by atoms with E-state index >= 15 is 0 Å².